The summed E-state index contributed by atoms with van der Waals surface area (Å²) < 4.78 is 5.67. The number of likely N-dealkylation sites (tertiary alicyclic amines) is 2. The molecule has 1 saturated carbocycles. The molecule has 2 amide bonds. The van der Waals surface area contributed by atoms with Gasteiger partial charge in [-0.25, -0.2) is 0 Å². The van der Waals surface area contributed by atoms with Crippen LogP contribution >= 0.6 is 0 Å². The maximum atomic E-state index is 13.2. The molecule has 0 aromatic heterocycles. The smallest absolute Gasteiger partial charge is 0.260 e. The molecule has 2 saturated heterocycles. The first-order chi connectivity index (χ1) is 14.7. The normalized spacial score (nSPS) is 22.5. The SMILES string of the molecule is O=C(COc1ccccc1)N1CCCC(N(CCN2CCCC2)C(=O)C2CCC2)C1. The predicted molar refractivity (Wildman–Crippen MR) is 116 cm³/mol. The van der Waals surface area contributed by atoms with E-state index in [-0.39, 0.29) is 24.5 Å². The van der Waals surface area contributed by atoms with Gasteiger partial charge in [0.1, 0.15) is 5.75 Å². The minimum absolute atomic E-state index is 0.0131. The topological polar surface area (TPSA) is 53.1 Å². The molecular formula is C24H35N3O3. The maximum Gasteiger partial charge on any atom is 0.260 e. The Labute approximate surface area is 180 Å². The van der Waals surface area contributed by atoms with Gasteiger partial charge in [0.15, 0.2) is 6.61 Å². The molecule has 2 aliphatic heterocycles. The van der Waals surface area contributed by atoms with Gasteiger partial charge in [-0.2, -0.15) is 0 Å². The van der Waals surface area contributed by atoms with Crippen molar-refractivity contribution in [2.24, 2.45) is 5.92 Å². The highest BCUT2D eigenvalue weighted by atomic mass is 16.5. The molecular weight excluding hydrogens is 378 g/mol. The summed E-state index contributed by atoms with van der Waals surface area (Å²) in [5.41, 5.74) is 0. The fourth-order valence-electron chi connectivity index (χ4n) is 4.81. The van der Waals surface area contributed by atoms with Crippen molar-refractivity contribution in [1.29, 1.82) is 0 Å². The first kappa shape index (κ1) is 21.2. The van der Waals surface area contributed by atoms with Gasteiger partial charge in [0.2, 0.25) is 5.91 Å². The molecule has 6 heteroatoms. The monoisotopic (exact) mass is 413 g/mol. The number of piperidine rings is 1. The Morgan fingerprint density at radius 1 is 0.967 bits per heavy atom. The van der Waals surface area contributed by atoms with Crippen LogP contribution in [0.4, 0.5) is 0 Å². The number of nitrogens with zero attached hydrogens (tertiary/aromatic N) is 3. The van der Waals surface area contributed by atoms with Gasteiger partial charge in [0.25, 0.3) is 5.91 Å². The summed E-state index contributed by atoms with van der Waals surface area (Å²) in [7, 11) is 0. The summed E-state index contributed by atoms with van der Waals surface area (Å²) in [6.45, 7) is 5.50. The Bertz CT molecular complexity index is 701. The van der Waals surface area contributed by atoms with Gasteiger partial charge in [-0.05, 0) is 63.7 Å². The van der Waals surface area contributed by atoms with Gasteiger partial charge < -0.3 is 19.4 Å². The van der Waals surface area contributed by atoms with Crippen LogP contribution in [0, 0.1) is 5.92 Å². The third-order valence-corrected chi connectivity index (χ3v) is 6.89. The lowest BCUT2D eigenvalue weighted by atomic mass is 9.83. The van der Waals surface area contributed by atoms with E-state index in [4.69, 9.17) is 4.74 Å². The largest absolute Gasteiger partial charge is 0.484 e. The Kier molecular flexibility index (Phi) is 7.26. The molecule has 1 aromatic carbocycles. The van der Waals surface area contributed by atoms with E-state index in [9.17, 15) is 9.59 Å². The zero-order valence-electron chi connectivity index (χ0n) is 18.0. The molecule has 1 atom stereocenters. The van der Waals surface area contributed by atoms with E-state index in [1.54, 1.807) is 0 Å². The second-order valence-electron chi connectivity index (χ2n) is 8.95. The number of carbonyl (C=O) groups excluding carboxylic acids is 2. The summed E-state index contributed by atoms with van der Waals surface area (Å²) in [5.74, 6) is 1.25. The van der Waals surface area contributed by atoms with Crippen LogP contribution in [0.25, 0.3) is 0 Å². The number of benzene rings is 1. The number of carbonyl (C=O) groups is 2. The summed E-state index contributed by atoms with van der Waals surface area (Å²) in [6, 6.07) is 9.60. The van der Waals surface area contributed by atoms with Crippen LogP contribution in [0.15, 0.2) is 30.3 Å². The summed E-state index contributed by atoms with van der Waals surface area (Å²) >= 11 is 0. The predicted octanol–water partition coefficient (Wildman–Crippen LogP) is 2.78. The van der Waals surface area contributed by atoms with Crippen molar-refractivity contribution in [3.05, 3.63) is 30.3 Å². The van der Waals surface area contributed by atoms with E-state index < -0.39 is 0 Å². The highest BCUT2D eigenvalue weighted by Gasteiger charge is 2.36. The Morgan fingerprint density at radius 3 is 2.43 bits per heavy atom. The Balaban J connectivity index is 1.34. The van der Waals surface area contributed by atoms with Crippen LogP contribution in [0.2, 0.25) is 0 Å². The first-order valence-corrected chi connectivity index (χ1v) is 11.7. The average molecular weight is 414 g/mol. The Morgan fingerprint density at radius 2 is 1.73 bits per heavy atom. The van der Waals surface area contributed by atoms with Crippen LogP contribution in [0.1, 0.15) is 44.9 Å². The molecule has 3 aliphatic rings. The second kappa shape index (κ2) is 10.3. The van der Waals surface area contributed by atoms with E-state index in [2.05, 4.69) is 9.80 Å². The van der Waals surface area contributed by atoms with Gasteiger partial charge in [0, 0.05) is 38.1 Å². The molecule has 1 aliphatic carbocycles. The Hall–Kier alpha value is -2.08. The van der Waals surface area contributed by atoms with Crippen LogP contribution in [0.3, 0.4) is 0 Å². The molecule has 0 N–H and O–H groups in total. The molecule has 4 rings (SSSR count). The van der Waals surface area contributed by atoms with Crippen LogP contribution in [0.5, 0.6) is 5.75 Å². The van der Waals surface area contributed by atoms with Crippen molar-refractivity contribution in [2.45, 2.75) is 51.0 Å². The maximum absolute atomic E-state index is 13.2. The van der Waals surface area contributed by atoms with E-state index in [0.717, 1.165) is 58.4 Å². The lowest BCUT2D eigenvalue weighted by Crippen LogP contribution is -2.55. The van der Waals surface area contributed by atoms with E-state index in [0.29, 0.717) is 18.2 Å². The number of amides is 2. The number of hydrogen-bond donors (Lipinski definition) is 0. The number of ether oxygens (including phenoxy) is 1. The van der Waals surface area contributed by atoms with E-state index in [1.807, 2.05) is 35.2 Å². The van der Waals surface area contributed by atoms with E-state index >= 15 is 0 Å². The van der Waals surface area contributed by atoms with Crippen molar-refractivity contribution in [1.82, 2.24) is 14.7 Å². The van der Waals surface area contributed by atoms with E-state index in [1.165, 1.54) is 19.3 Å². The first-order valence-electron chi connectivity index (χ1n) is 11.7. The fraction of sp³-hybridized carbons (Fsp3) is 0.667. The molecule has 6 nitrogen and oxygen atoms in total. The van der Waals surface area contributed by atoms with Crippen LogP contribution in [-0.4, -0.2) is 78.4 Å². The fourth-order valence-corrected chi connectivity index (χ4v) is 4.81. The number of rotatable bonds is 8. The van der Waals surface area contributed by atoms with Gasteiger partial charge in [-0.1, -0.05) is 24.6 Å². The summed E-state index contributed by atoms with van der Waals surface area (Å²) in [6.07, 6.45) is 7.69. The highest BCUT2D eigenvalue weighted by molar-refractivity contribution is 5.80. The lowest BCUT2D eigenvalue weighted by Gasteiger charge is -2.42. The molecule has 164 valence electrons. The summed E-state index contributed by atoms with van der Waals surface area (Å²) in [4.78, 5) is 32.5. The van der Waals surface area contributed by atoms with Crippen LogP contribution in [-0.2, 0) is 9.59 Å². The molecule has 0 radical (unpaired) electrons. The minimum Gasteiger partial charge on any atom is -0.484 e. The zero-order valence-corrected chi connectivity index (χ0v) is 18.0. The second-order valence-corrected chi connectivity index (χ2v) is 8.95. The standard InChI is InChI=1S/C24H35N3O3/c28-23(19-30-22-11-2-1-3-12-22)26-15-7-10-21(18-26)27(24(29)20-8-6-9-20)17-16-25-13-4-5-14-25/h1-3,11-12,20-21H,4-10,13-19H2. The van der Waals surface area contributed by atoms with Crippen molar-refractivity contribution in [3.8, 4) is 5.75 Å². The number of hydrogen-bond acceptors (Lipinski definition) is 4. The molecule has 0 bridgehead atoms. The highest BCUT2D eigenvalue weighted by Crippen LogP contribution is 2.30. The van der Waals surface area contributed by atoms with Gasteiger partial charge >= 0.3 is 0 Å². The van der Waals surface area contributed by atoms with Gasteiger partial charge in [0.05, 0.1) is 0 Å². The molecule has 3 fully saturated rings. The van der Waals surface area contributed by atoms with Gasteiger partial charge in [-0.3, -0.25) is 9.59 Å². The molecule has 1 unspecified atom stereocenters. The van der Waals surface area contributed by atoms with Gasteiger partial charge in [-0.15, -0.1) is 0 Å². The third kappa shape index (κ3) is 5.34. The minimum atomic E-state index is 0.0131. The molecule has 30 heavy (non-hydrogen) atoms. The lowest BCUT2D eigenvalue weighted by molar-refractivity contribution is -0.145. The molecule has 0 spiro atoms. The average Bonchev–Trinajstić information content (AvgIpc) is 3.25. The van der Waals surface area contributed by atoms with Crippen molar-refractivity contribution in [2.75, 3.05) is 45.9 Å². The van der Waals surface area contributed by atoms with Crippen molar-refractivity contribution < 1.29 is 14.3 Å². The molecule has 1 aromatic rings. The summed E-state index contributed by atoms with van der Waals surface area (Å²) in [5, 5.41) is 0. The quantitative estimate of drug-likeness (QED) is 0.658. The molecule has 2 heterocycles. The zero-order chi connectivity index (χ0) is 20.8. The van der Waals surface area contributed by atoms with Crippen LogP contribution < -0.4 is 4.74 Å². The number of para-hydroxylation sites is 1. The van der Waals surface area contributed by atoms with Crippen molar-refractivity contribution >= 4 is 11.8 Å². The third-order valence-electron chi connectivity index (χ3n) is 6.89. The van der Waals surface area contributed by atoms with Crippen molar-refractivity contribution in [3.63, 3.8) is 0 Å².